The van der Waals surface area contributed by atoms with Crippen molar-refractivity contribution in [2.75, 3.05) is 26.2 Å². The van der Waals surface area contributed by atoms with Crippen LogP contribution in [0.1, 0.15) is 30.1 Å². The minimum atomic E-state index is 0.0224. The number of hydrogen-bond donors (Lipinski definition) is 0. The lowest BCUT2D eigenvalue weighted by Crippen LogP contribution is -2.25. The van der Waals surface area contributed by atoms with Gasteiger partial charge in [-0.1, -0.05) is 0 Å². The van der Waals surface area contributed by atoms with E-state index in [4.69, 9.17) is 4.74 Å². The fraction of sp³-hybridized carbons (Fsp3) is 0.467. The molecule has 3 heterocycles. The van der Waals surface area contributed by atoms with Crippen molar-refractivity contribution in [1.82, 2.24) is 14.5 Å². The zero-order chi connectivity index (χ0) is 13.9. The van der Waals surface area contributed by atoms with Gasteiger partial charge in [0, 0.05) is 18.8 Å². The van der Waals surface area contributed by atoms with Gasteiger partial charge in [0.2, 0.25) is 0 Å². The van der Waals surface area contributed by atoms with Crippen LogP contribution in [0.3, 0.4) is 0 Å². The predicted octanol–water partition coefficient (Wildman–Crippen LogP) is 2.01. The number of fused-ring (bicyclic) bond motifs is 1. The number of ether oxygens (including phenoxy) is 1. The Morgan fingerprint density at radius 1 is 1.40 bits per heavy atom. The van der Waals surface area contributed by atoms with Crippen LogP contribution in [0.25, 0.3) is 5.52 Å². The van der Waals surface area contributed by atoms with Crippen LogP contribution in [0.4, 0.5) is 0 Å². The Morgan fingerprint density at radius 2 is 2.20 bits per heavy atom. The zero-order valence-corrected chi connectivity index (χ0v) is 11.7. The predicted molar refractivity (Wildman–Crippen MR) is 76.4 cm³/mol. The molecule has 0 atom stereocenters. The highest BCUT2D eigenvalue weighted by Gasteiger charge is 2.12. The van der Waals surface area contributed by atoms with Crippen molar-refractivity contribution in [2.45, 2.75) is 19.8 Å². The molecule has 5 heteroatoms. The summed E-state index contributed by atoms with van der Waals surface area (Å²) in [6, 6.07) is 3.77. The standard InChI is InChI=1S/C15H19N3O2/c1-12(19)14-11-16-18-7-4-13(10-15(14)18)20-9-8-17-5-2-3-6-17/h4,7,10-11H,2-3,5-6,8-9H2,1H3. The summed E-state index contributed by atoms with van der Waals surface area (Å²) < 4.78 is 7.48. The minimum absolute atomic E-state index is 0.0224. The van der Waals surface area contributed by atoms with E-state index < -0.39 is 0 Å². The quantitative estimate of drug-likeness (QED) is 0.782. The van der Waals surface area contributed by atoms with E-state index in [0.29, 0.717) is 12.2 Å². The van der Waals surface area contributed by atoms with Crippen LogP contribution >= 0.6 is 0 Å². The van der Waals surface area contributed by atoms with Gasteiger partial charge in [0.25, 0.3) is 0 Å². The third-order valence-electron chi connectivity index (χ3n) is 3.75. The Labute approximate surface area is 118 Å². The third-order valence-corrected chi connectivity index (χ3v) is 3.75. The molecule has 2 aromatic heterocycles. The Kier molecular flexibility index (Phi) is 3.69. The van der Waals surface area contributed by atoms with E-state index in [1.807, 2.05) is 18.3 Å². The summed E-state index contributed by atoms with van der Waals surface area (Å²) in [5.74, 6) is 0.814. The van der Waals surface area contributed by atoms with Crippen molar-refractivity contribution in [3.63, 3.8) is 0 Å². The summed E-state index contributed by atoms with van der Waals surface area (Å²) >= 11 is 0. The molecule has 2 aromatic rings. The van der Waals surface area contributed by atoms with Crippen molar-refractivity contribution in [3.05, 3.63) is 30.1 Å². The Bertz CT molecular complexity index is 615. The van der Waals surface area contributed by atoms with Crippen molar-refractivity contribution >= 4 is 11.3 Å². The molecule has 1 aliphatic heterocycles. The number of aromatic nitrogens is 2. The van der Waals surface area contributed by atoms with Crippen LogP contribution in [-0.2, 0) is 0 Å². The van der Waals surface area contributed by atoms with Gasteiger partial charge in [-0.05, 0) is 38.9 Å². The molecule has 0 aromatic carbocycles. The summed E-state index contributed by atoms with van der Waals surface area (Å²) in [6.07, 6.45) is 6.02. The topological polar surface area (TPSA) is 46.8 Å². The molecule has 0 amide bonds. The maximum atomic E-state index is 11.5. The van der Waals surface area contributed by atoms with Crippen molar-refractivity contribution < 1.29 is 9.53 Å². The number of hydrogen-bond acceptors (Lipinski definition) is 4. The van der Waals surface area contributed by atoms with Crippen LogP contribution in [0.5, 0.6) is 5.75 Å². The number of rotatable bonds is 5. The van der Waals surface area contributed by atoms with Crippen molar-refractivity contribution in [3.8, 4) is 5.75 Å². The Morgan fingerprint density at radius 3 is 2.95 bits per heavy atom. The summed E-state index contributed by atoms with van der Waals surface area (Å²) in [5, 5.41) is 4.16. The second-order valence-electron chi connectivity index (χ2n) is 5.20. The molecule has 0 aliphatic carbocycles. The molecule has 3 rings (SSSR count). The molecule has 0 saturated carbocycles. The monoisotopic (exact) mass is 273 g/mol. The molecule has 0 unspecified atom stereocenters. The van der Waals surface area contributed by atoms with E-state index >= 15 is 0 Å². The lowest BCUT2D eigenvalue weighted by molar-refractivity contribution is 0.101. The number of ketones is 1. The molecule has 1 fully saturated rings. The van der Waals surface area contributed by atoms with Gasteiger partial charge in [-0.2, -0.15) is 5.10 Å². The van der Waals surface area contributed by atoms with Gasteiger partial charge in [0.1, 0.15) is 12.4 Å². The van der Waals surface area contributed by atoms with Gasteiger partial charge in [-0.3, -0.25) is 9.69 Å². The van der Waals surface area contributed by atoms with Crippen molar-refractivity contribution in [1.29, 1.82) is 0 Å². The summed E-state index contributed by atoms with van der Waals surface area (Å²) in [6.45, 7) is 5.56. The maximum absolute atomic E-state index is 11.5. The largest absolute Gasteiger partial charge is 0.492 e. The van der Waals surface area contributed by atoms with Gasteiger partial charge in [-0.15, -0.1) is 0 Å². The Hall–Kier alpha value is -1.88. The first-order valence-corrected chi connectivity index (χ1v) is 7.07. The fourth-order valence-corrected chi connectivity index (χ4v) is 2.62. The number of carbonyl (C=O) groups is 1. The van der Waals surface area contributed by atoms with E-state index in [1.54, 1.807) is 17.6 Å². The molecule has 106 valence electrons. The van der Waals surface area contributed by atoms with Gasteiger partial charge >= 0.3 is 0 Å². The third kappa shape index (κ3) is 2.67. The SMILES string of the molecule is CC(=O)c1cnn2ccc(OCCN3CCCC3)cc12. The highest BCUT2D eigenvalue weighted by Crippen LogP contribution is 2.18. The van der Waals surface area contributed by atoms with Gasteiger partial charge in [0.15, 0.2) is 5.78 Å². The van der Waals surface area contributed by atoms with E-state index in [9.17, 15) is 4.79 Å². The molecule has 5 nitrogen and oxygen atoms in total. The average Bonchev–Trinajstić information content (AvgIpc) is 3.06. The van der Waals surface area contributed by atoms with Gasteiger partial charge < -0.3 is 4.74 Å². The fourth-order valence-electron chi connectivity index (χ4n) is 2.62. The average molecular weight is 273 g/mol. The maximum Gasteiger partial charge on any atom is 0.163 e. The molecule has 0 spiro atoms. The lowest BCUT2D eigenvalue weighted by atomic mass is 10.2. The molecule has 1 aliphatic rings. The lowest BCUT2D eigenvalue weighted by Gasteiger charge is -2.14. The smallest absolute Gasteiger partial charge is 0.163 e. The molecular formula is C15H19N3O2. The van der Waals surface area contributed by atoms with Crippen LogP contribution < -0.4 is 4.74 Å². The van der Waals surface area contributed by atoms with E-state index in [-0.39, 0.29) is 5.78 Å². The highest BCUT2D eigenvalue weighted by molar-refractivity contribution is 6.00. The molecule has 20 heavy (non-hydrogen) atoms. The molecule has 0 radical (unpaired) electrons. The number of pyridine rings is 1. The normalized spacial score (nSPS) is 15.8. The molecular weight excluding hydrogens is 254 g/mol. The van der Waals surface area contributed by atoms with Crippen LogP contribution in [0.15, 0.2) is 24.5 Å². The Balaban J connectivity index is 1.68. The van der Waals surface area contributed by atoms with E-state index in [0.717, 1.165) is 17.8 Å². The van der Waals surface area contributed by atoms with Crippen LogP contribution in [-0.4, -0.2) is 46.5 Å². The molecule has 0 bridgehead atoms. The highest BCUT2D eigenvalue weighted by atomic mass is 16.5. The van der Waals surface area contributed by atoms with Crippen LogP contribution in [0.2, 0.25) is 0 Å². The molecule has 1 saturated heterocycles. The second kappa shape index (κ2) is 5.63. The van der Waals surface area contributed by atoms with Crippen LogP contribution in [0, 0.1) is 0 Å². The summed E-state index contributed by atoms with van der Waals surface area (Å²) in [5.41, 5.74) is 1.44. The zero-order valence-electron chi connectivity index (χ0n) is 11.7. The molecule has 0 N–H and O–H groups in total. The number of carbonyl (C=O) groups excluding carboxylic acids is 1. The van der Waals surface area contributed by atoms with Gasteiger partial charge in [-0.25, -0.2) is 4.52 Å². The number of Topliss-reactive ketones (excluding diaryl/α,β-unsaturated/α-hetero) is 1. The number of likely N-dealkylation sites (tertiary alicyclic amines) is 1. The van der Waals surface area contributed by atoms with Gasteiger partial charge in [0.05, 0.1) is 17.3 Å². The first-order valence-electron chi connectivity index (χ1n) is 7.07. The first-order chi connectivity index (χ1) is 9.74. The summed E-state index contributed by atoms with van der Waals surface area (Å²) in [7, 11) is 0. The second-order valence-corrected chi connectivity index (χ2v) is 5.20. The number of nitrogens with zero attached hydrogens (tertiary/aromatic N) is 3. The first kappa shape index (κ1) is 13.1. The summed E-state index contributed by atoms with van der Waals surface area (Å²) in [4.78, 5) is 13.9. The van der Waals surface area contributed by atoms with E-state index in [1.165, 1.54) is 25.9 Å². The van der Waals surface area contributed by atoms with Crippen molar-refractivity contribution in [2.24, 2.45) is 0 Å². The van der Waals surface area contributed by atoms with E-state index in [2.05, 4.69) is 10.00 Å². The minimum Gasteiger partial charge on any atom is -0.492 e.